The van der Waals surface area contributed by atoms with E-state index in [1.165, 1.54) is 0 Å². The molecular weight excluding hydrogens is 316 g/mol. The summed E-state index contributed by atoms with van der Waals surface area (Å²) in [6.07, 6.45) is 1.80. The van der Waals surface area contributed by atoms with E-state index in [0.29, 0.717) is 18.9 Å². The first-order chi connectivity index (χ1) is 11.1. The molecule has 0 aliphatic carbocycles. The minimum Gasteiger partial charge on any atom is -0.494 e. The maximum atomic E-state index is 12.2. The third kappa shape index (κ3) is 6.10. The van der Waals surface area contributed by atoms with Crippen LogP contribution in [0.2, 0.25) is 0 Å². The first kappa shape index (κ1) is 18.2. The molecule has 1 aromatic rings. The van der Waals surface area contributed by atoms with Crippen molar-refractivity contribution in [3.8, 4) is 5.75 Å². The van der Waals surface area contributed by atoms with Crippen LogP contribution in [0.5, 0.6) is 5.75 Å². The molecule has 0 atom stereocenters. The lowest BCUT2D eigenvalue weighted by Crippen LogP contribution is -2.37. The van der Waals surface area contributed by atoms with Crippen LogP contribution in [-0.4, -0.2) is 59.3 Å². The highest BCUT2D eigenvalue weighted by Gasteiger charge is 2.13. The van der Waals surface area contributed by atoms with Crippen molar-refractivity contribution >= 4 is 10.0 Å². The molecule has 0 spiro atoms. The standard InChI is InChI=1S/C16H26N2O4S/c1-2-22-15-5-7-16(8-6-15)23(19,20)17-9-3-4-10-18-11-13-21-14-12-18/h5-8,17H,2-4,9-14H2,1H3. The van der Waals surface area contributed by atoms with E-state index in [1.54, 1.807) is 24.3 Å². The molecule has 130 valence electrons. The van der Waals surface area contributed by atoms with Gasteiger partial charge in [-0.15, -0.1) is 0 Å². The fraction of sp³-hybridized carbons (Fsp3) is 0.625. The average Bonchev–Trinajstić information content (AvgIpc) is 2.56. The Kier molecular flexibility index (Phi) is 7.29. The van der Waals surface area contributed by atoms with Crippen LogP contribution < -0.4 is 9.46 Å². The van der Waals surface area contributed by atoms with Crippen LogP contribution in [0, 0.1) is 0 Å². The normalized spacial score (nSPS) is 16.4. The van der Waals surface area contributed by atoms with E-state index < -0.39 is 10.0 Å². The van der Waals surface area contributed by atoms with Crippen molar-refractivity contribution in [3.05, 3.63) is 24.3 Å². The van der Waals surface area contributed by atoms with Gasteiger partial charge in [-0.1, -0.05) is 0 Å². The fourth-order valence-electron chi connectivity index (χ4n) is 2.46. The average molecular weight is 342 g/mol. The summed E-state index contributed by atoms with van der Waals surface area (Å²) < 4.78 is 37.6. The van der Waals surface area contributed by atoms with Crippen LogP contribution in [0.4, 0.5) is 0 Å². The minimum absolute atomic E-state index is 0.272. The second-order valence-corrected chi connectivity index (χ2v) is 7.23. The Morgan fingerprint density at radius 3 is 2.52 bits per heavy atom. The fourth-order valence-corrected chi connectivity index (χ4v) is 3.53. The van der Waals surface area contributed by atoms with Crippen LogP contribution in [0.1, 0.15) is 19.8 Å². The third-order valence-corrected chi connectivity index (χ3v) is 5.22. The van der Waals surface area contributed by atoms with Gasteiger partial charge in [0.05, 0.1) is 24.7 Å². The molecule has 0 saturated carbocycles. The van der Waals surface area contributed by atoms with Gasteiger partial charge in [-0.05, 0) is 50.6 Å². The van der Waals surface area contributed by atoms with Crippen LogP contribution in [0.15, 0.2) is 29.2 Å². The highest BCUT2D eigenvalue weighted by Crippen LogP contribution is 2.15. The van der Waals surface area contributed by atoms with E-state index in [-0.39, 0.29) is 4.90 Å². The topological polar surface area (TPSA) is 67.9 Å². The molecular formula is C16H26N2O4S. The van der Waals surface area contributed by atoms with Crippen LogP contribution in [-0.2, 0) is 14.8 Å². The molecule has 0 unspecified atom stereocenters. The number of nitrogens with one attached hydrogen (secondary N) is 1. The van der Waals surface area contributed by atoms with Crippen molar-refractivity contribution in [2.24, 2.45) is 0 Å². The van der Waals surface area contributed by atoms with Gasteiger partial charge in [-0.3, -0.25) is 4.90 Å². The zero-order valence-corrected chi connectivity index (χ0v) is 14.5. The molecule has 0 aromatic heterocycles. The van der Waals surface area contributed by atoms with Crippen molar-refractivity contribution < 1.29 is 17.9 Å². The number of hydrogen-bond acceptors (Lipinski definition) is 5. The molecule has 1 heterocycles. The summed E-state index contributed by atoms with van der Waals surface area (Å²) in [7, 11) is -3.44. The van der Waals surface area contributed by atoms with Gasteiger partial charge in [0.2, 0.25) is 10.0 Å². The van der Waals surface area contributed by atoms with Gasteiger partial charge in [0.15, 0.2) is 0 Å². The number of ether oxygens (including phenoxy) is 2. The Morgan fingerprint density at radius 1 is 1.17 bits per heavy atom. The van der Waals surface area contributed by atoms with Gasteiger partial charge in [-0.25, -0.2) is 13.1 Å². The lowest BCUT2D eigenvalue weighted by atomic mass is 10.3. The zero-order chi connectivity index (χ0) is 16.5. The Bertz CT molecular complexity index is 554. The summed E-state index contributed by atoms with van der Waals surface area (Å²) in [5.74, 6) is 0.678. The lowest BCUT2D eigenvalue weighted by Gasteiger charge is -2.26. The van der Waals surface area contributed by atoms with E-state index in [4.69, 9.17) is 9.47 Å². The molecule has 0 bridgehead atoms. The second-order valence-electron chi connectivity index (χ2n) is 5.46. The summed E-state index contributed by atoms with van der Waals surface area (Å²) in [5.41, 5.74) is 0. The van der Waals surface area contributed by atoms with Gasteiger partial charge in [0, 0.05) is 19.6 Å². The summed E-state index contributed by atoms with van der Waals surface area (Å²) >= 11 is 0. The van der Waals surface area contributed by atoms with E-state index in [1.807, 2.05) is 6.92 Å². The van der Waals surface area contributed by atoms with Crippen molar-refractivity contribution in [2.45, 2.75) is 24.7 Å². The van der Waals surface area contributed by atoms with Crippen molar-refractivity contribution in [1.82, 2.24) is 9.62 Å². The minimum atomic E-state index is -3.44. The smallest absolute Gasteiger partial charge is 0.240 e. The lowest BCUT2D eigenvalue weighted by molar-refractivity contribution is 0.0372. The number of rotatable bonds is 9. The maximum absolute atomic E-state index is 12.2. The number of benzene rings is 1. The van der Waals surface area contributed by atoms with Crippen molar-refractivity contribution in [2.75, 3.05) is 46.0 Å². The number of nitrogens with zero attached hydrogens (tertiary/aromatic N) is 1. The molecule has 6 nitrogen and oxygen atoms in total. The van der Waals surface area contributed by atoms with Gasteiger partial charge < -0.3 is 9.47 Å². The predicted molar refractivity (Wildman–Crippen MR) is 89.3 cm³/mol. The summed E-state index contributed by atoms with van der Waals surface area (Å²) in [6, 6.07) is 6.50. The summed E-state index contributed by atoms with van der Waals surface area (Å²) in [6.45, 7) is 7.44. The van der Waals surface area contributed by atoms with Gasteiger partial charge in [0.1, 0.15) is 5.75 Å². The molecule has 0 amide bonds. The van der Waals surface area contributed by atoms with Gasteiger partial charge in [-0.2, -0.15) is 0 Å². The van der Waals surface area contributed by atoms with E-state index in [2.05, 4.69) is 9.62 Å². The van der Waals surface area contributed by atoms with Crippen LogP contribution >= 0.6 is 0 Å². The first-order valence-electron chi connectivity index (χ1n) is 8.14. The van der Waals surface area contributed by atoms with Gasteiger partial charge in [0.25, 0.3) is 0 Å². The van der Waals surface area contributed by atoms with Crippen molar-refractivity contribution in [1.29, 1.82) is 0 Å². The zero-order valence-electron chi connectivity index (χ0n) is 13.7. The largest absolute Gasteiger partial charge is 0.494 e. The Hall–Kier alpha value is -1.15. The quantitative estimate of drug-likeness (QED) is 0.689. The number of sulfonamides is 1. The van der Waals surface area contributed by atoms with Crippen LogP contribution in [0.3, 0.4) is 0 Å². The number of hydrogen-bond donors (Lipinski definition) is 1. The van der Waals surface area contributed by atoms with E-state index in [0.717, 1.165) is 45.7 Å². The maximum Gasteiger partial charge on any atom is 0.240 e. The molecule has 1 fully saturated rings. The van der Waals surface area contributed by atoms with Crippen molar-refractivity contribution in [3.63, 3.8) is 0 Å². The number of unbranched alkanes of at least 4 members (excludes halogenated alkanes) is 1. The summed E-state index contributed by atoms with van der Waals surface area (Å²) in [5, 5.41) is 0. The molecule has 1 aliphatic heterocycles. The highest BCUT2D eigenvalue weighted by atomic mass is 32.2. The molecule has 1 N–H and O–H groups in total. The predicted octanol–water partition coefficient (Wildman–Crippen LogP) is 1.48. The Morgan fingerprint density at radius 2 is 1.87 bits per heavy atom. The molecule has 23 heavy (non-hydrogen) atoms. The van der Waals surface area contributed by atoms with E-state index >= 15 is 0 Å². The molecule has 1 saturated heterocycles. The monoisotopic (exact) mass is 342 g/mol. The van der Waals surface area contributed by atoms with Crippen LogP contribution in [0.25, 0.3) is 0 Å². The van der Waals surface area contributed by atoms with Gasteiger partial charge >= 0.3 is 0 Å². The molecule has 1 aliphatic rings. The second kappa shape index (κ2) is 9.22. The Balaban J connectivity index is 1.70. The highest BCUT2D eigenvalue weighted by molar-refractivity contribution is 7.89. The Labute approximate surface area is 138 Å². The third-order valence-electron chi connectivity index (χ3n) is 3.74. The molecule has 2 rings (SSSR count). The summed E-state index contributed by atoms with van der Waals surface area (Å²) in [4.78, 5) is 2.62. The molecule has 1 aromatic carbocycles. The SMILES string of the molecule is CCOc1ccc(S(=O)(=O)NCCCCN2CCOCC2)cc1. The number of morpholine rings is 1. The first-order valence-corrected chi connectivity index (χ1v) is 9.63. The molecule has 0 radical (unpaired) electrons. The molecule has 7 heteroatoms. The van der Waals surface area contributed by atoms with E-state index in [9.17, 15) is 8.42 Å².